The van der Waals surface area contributed by atoms with E-state index in [-0.39, 0.29) is 24.3 Å². The number of piperidine rings is 1. The van der Waals surface area contributed by atoms with E-state index in [0.717, 1.165) is 29.9 Å². The van der Waals surface area contributed by atoms with Gasteiger partial charge in [-0.05, 0) is 42.7 Å². The number of carbonyl (C=O) groups excluding carboxylic acids is 2. The molecule has 2 aliphatic heterocycles. The maximum absolute atomic E-state index is 12.5. The molecule has 2 saturated heterocycles. The molecule has 2 aromatic carbocycles. The molecule has 0 aromatic heterocycles. The molecule has 8 nitrogen and oxygen atoms in total. The summed E-state index contributed by atoms with van der Waals surface area (Å²) in [7, 11) is 1.63. The monoisotopic (exact) mass is 439 g/mol. The number of cyclic esters (lactones) is 1. The third-order valence-corrected chi connectivity index (χ3v) is 5.88. The molecule has 4 rings (SSSR count). The lowest BCUT2D eigenvalue weighted by Crippen LogP contribution is -2.49. The minimum absolute atomic E-state index is 0.0786. The zero-order valence-electron chi connectivity index (χ0n) is 18.2. The summed E-state index contributed by atoms with van der Waals surface area (Å²) in [5.74, 6) is 1.55. The van der Waals surface area contributed by atoms with Crippen molar-refractivity contribution in [2.75, 3.05) is 33.4 Å². The van der Waals surface area contributed by atoms with Crippen molar-refractivity contribution >= 4 is 12.1 Å². The van der Waals surface area contributed by atoms with E-state index in [1.165, 1.54) is 0 Å². The van der Waals surface area contributed by atoms with E-state index >= 15 is 0 Å². The van der Waals surface area contributed by atoms with Crippen LogP contribution in [-0.2, 0) is 11.3 Å². The molecule has 2 fully saturated rings. The molecule has 0 bridgehead atoms. The van der Waals surface area contributed by atoms with E-state index in [4.69, 9.17) is 14.2 Å². The Labute approximate surface area is 188 Å². The van der Waals surface area contributed by atoms with Crippen LogP contribution in [0.3, 0.4) is 0 Å². The van der Waals surface area contributed by atoms with E-state index in [1.54, 1.807) is 16.9 Å². The second-order valence-corrected chi connectivity index (χ2v) is 8.01. The highest BCUT2D eigenvalue weighted by Gasteiger charge is 2.38. The van der Waals surface area contributed by atoms with Crippen molar-refractivity contribution in [3.8, 4) is 11.5 Å². The summed E-state index contributed by atoms with van der Waals surface area (Å²) in [5, 5.41) is 2.96. The molecule has 1 N–H and O–H groups in total. The average molecular weight is 440 g/mol. The van der Waals surface area contributed by atoms with Crippen LogP contribution in [0.5, 0.6) is 11.5 Å². The summed E-state index contributed by atoms with van der Waals surface area (Å²) in [4.78, 5) is 28.5. The Bertz CT molecular complexity index is 898. The Morgan fingerprint density at radius 3 is 2.47 bits per heavy atom. The van der Waals surface area contributed by atoms with Crippen LogP contribution in [0, 0.1) is 0 Å². The van der Waals surface area contributed by atoms with Crippen LogP contribution >= 0.6 is 0 Å². The summed E-state index contributed by atoms with van der Waals surface area (Å²) in [5.41, 5.74) is 1.01. The van der Waals surface area contributed by atoms with Crippen molar-refractivity contribution in [3.05, 3.63) is 60.2 Å². The number of carbonyl (C=O) groups is 2. The number of nitrogens with zero attached hydrogens (tertiary/aromatic N) is 2. The number of hydrogen-bond acceptors (Lipinski definition) is 5. The molecule has 0 spiro atoms. The maximum atomic E-state index is 12.5. The minimum atomic E-state index is -0.297. The van der Waals surface area contributed by atoms with Crippen molar-refractivity contribution in [1.82, 2.24) is 15.1 Å². The molecule has 2 aliphatic rings. The second kappa shape index (κ2) is 10.3. The number of amides is 3. The van der Waals surface area contributed by atoms with Crippen molar-refractivity contribution in [2.24, 2.45) is 0 Å². The van der Waals surface area contributed by atoms with Gasteiger partial charge < -0.3 is 29.3 Å². The Kier molecular flexibility index (Phi) is 6.99. The van der Waals surface area contributed by atoms with Crippen LogP contribution in [-0.4, -0.2) is 67.4 Å². The molecule has 0 saturated carbocycles. The first-order chi connectivity index (χ1) is 15.6. The fourth-order valence-corrected chi connectivity index (χ4v) is 4.05. The fourth-order valence-electron chi connectivity index (χ4n) is 4.05. The summed E-state index contributed by atoms with van der Waals surface area (Å²) >= 11 is 0. The lowest BCUT2D eigenvalue weighted by Gasteiger charge is -2.35. The standard InChI is InChI=1S/C24H29N3O5/c1-30-20-9-7-18(8-10-20)15-25-23(28)26-13-11-19(12-14-26)27-16-22(32-24(27)29)17-31-21-5-3-2-4-6-21/h2-10,19,22H,11-17H2,1H3,(H,25,28). The molecule has 2 heterocycles. The van der Waals surface area contributed by atoms with E-state index < -0.39 is 0 Å². The SMILES string of the molecule is COc1ccc(CNC(=O)N2CCC(N3CC(COc4ccccc4)OC3=O)CC2)cc1. The van der Waals surface area contributed by atoms with Gasteiger partial charge in [0.25, 0.3) is 0 Å². The van der Waals surface area contributed by atoms with E-state index in [1.807, 2.05) is 54.6 Å². The lowest BCUT2D eigenvalue weighted by atomic mass is 10.0. The van der Waals surface area contributed by atoms with Crippen molar-refractivity contribution in [1.29, 1.82) is 0 Å². The Balaban J connectivity index is 1.20. The van der Waals surface area contributed by atoms with Gasteiger partial charge in [-0.3, -0.25) is 0 Å². The first-order valence-corrected chi connectivity index (χ1v) is 10.9. The van der Waals surface area contributed by atoms with Gasteiger partial charge in [0.1, 0.15) is 18.1 Å². The van der Waals surface area contributed by atoms with Gasteiger partial charge in [0, 0.05) is 25.7 Å². The van der Waals surface area contributed by atoms with Gasteiger partial charge in [-0.1, -0.05) is 30.3 Å². The van der Waals surface area contributed by atoms with E-state index in [9.17, 15) is 9.59 Å². The molecule has 170 valence electrons. The molecule has 0 aliphatic carbocycles. The minimum Gasteiger partial charge on any atom is -0.497 e. The second-order valence-electron chi connectivity index (χ2n) is 8.01. The van der Waals surface area contributed by atoms with Crippen LogP contribution in [0.2, 0.25) is 0 Å². The van der Waals surface area contributed by atoms with Gasteiger partial charge in [-0.25, -0.2) is 9.59 Å². The maximum Gasteiger partial charge on any atom is 0.410 e. The van der Waals surface area contributed by atoms with Crippen molar-refractivity contribution in [2.45, 2.75) is 31.5 Å². The number of ether oxygens (including phenoxy) is 3. The molecule has 3 amide bonds. The topological polar surface area (TPSA) is 80.3 Å². The largest absolute Gasteiger partial charge is 0.497 e. The first kappa shape index (κ1) is 21.8. The smallest absolute Gasteiger partial charge is 0.410 e. The van der Waals surface area contributed by atoms with Gasteiger partial charge in [-0.15, -0.1) is 0 Å². The number of para-hydroxylation sites is 1. The number of likely N-dealkylation sites (tertiary alicyclic amines) is 1. The lowest BCUT2D eigenvalue weighted by molar-refractivity contribution is 0.0988. The number of hydrogen-bond donors (Lipinski definition) is 1. The molecular weight excluding hydrogens is 410 g/mol. The zero-order chi connectivity index (χ0) is 22.3. The van der Waals surface area contributed by atoms with Crippen LogP contribution < -0.4 is 14.8 Å². The first-order valence-electron chi connectivity index (χ1n) is 10.9. The number of benzene rings is 2. The molecule has 2 aromatic rings. The Morgan fingerprint density at radius 1 is 1.06 bits per heavy atom. The highest BCUT2D eigenvalue weighted by atomic mass is 16.6. The zero-order valence-corrected chi connectivity index (χ0v) is 18.2. The van der Waals surface area contributed by atoms with Crippen molar-refractivity contribution < 1.29 is 23.8 Å². The predicted molar refractivity (Wildman–Crippen MR) is 119 cm³/mol. The molecule has 8 heteroatoms. The molecular formula is C24H29N3O5. The van der Waals surface area contributed by atoms with E-state index in [0.29, 0.717) is 32.8 Å². The highest BCUT2D eigenvalue weighted by Crippen LogP contribution is 2.23. The van der Waals surface area contributed by atoms with Gasteiger partial charge in [0.15, 0.2) is 6.10 Å². The number of nitrogens with one attached hydrogen (secondary N) is 1. The number of methoxy groups -OCH3 is 1. The van der Waals surface area contributed by atoms with Crippen LogP contribution in [0.15, 0.2) is 54.6 Å². The summed E-state index contributed by atoms with van der Waals surface area (Å²) < 4.78 is 16.4. The molecule has 32 heavy (non-hydrogen) atoms. The van der Waals surface area contributed by atoms with Crippen LogP contribution in [0.1, 0.15) is 18.4 Å². The number of urea groups is 1. The van der Waals surface area contributed by atoms with E-state index in [2.05, 4.69) is 5.32 Å². The quantitative estimate of drug-likeness (QED) is 0.716. The van der Waals surface area contributed by atoms with Gasteiger partial charge >= 0.3 is 12.1 Å². The van der Waals surface area contributed by atoms with Gasteiger partial charge in [0.2, 0.25) is 0 Å². The Morgan fingerprint density at radius 2 is 1.78 bits per heavy atom. The number of rotatable bonds is 7. The van der Waals surface area contributed by atoms with Gasteiger partial charge in [0.05, 0.1) is 13.7 Å². The van der Waals surface area contributed by atoms with Crippen LogP contribution in [0.25, 0.3) is 0 Å². The summed E-state index contributed by atoms with van der Waals surface area (Å²) in [6, 6.07) is 17.1. The van der Waals surface area contributed by atoms with Crippen LogP contribution in [0.4, 0.5) is 9.59 Å². The van der Waals surface area contributed by atoms with Gasteiger partial charge in [-0.2, -0.15) is 0 Å². The molecule has 1 atom stereocenters. The molecule has 1 unspecified atom stereocenters. The average Bonchev–Trinajstić information content (AvgIpc) is 3.22. The predicted octanol–water partition coefficient (Wildman–Crippen LogP) is 3.27. The fraction of sp³-hybridized carbons (Fsp3) is 0.417. The normalized spacial score (nSPS) is 18.9. The highest BCUT2D eigenvalue weighted by molar-refractivity contribution is 5.74. The third kappa shape index (κ3) is 5.43. The third-order valence-electron chi connectivity index (χ3n) is 5.88. The summed E-state index contributed by atoms with van der Waals surface area (Å²) in [6.45, 7) is 2.52. The Hall–Kier alpha value is -3.42. The molecule has 0 radical (unpaired) electrons. The van der Waals surface area contributed by atoms with Crippen molar-refractivity contribution in [3.63, 3.8) is 0 Å². The summed E-state index contributed by atoms with van der Waals surface area (Å²) in [6.07, 6.45) is 0.886.